The van der Waals surface area contributed by atoms with E-state index in [9.17, 15) is 4.79 Å². The lowest BCUT2D eigenvalue weighted by Crippen LogP contribution is -2.10. The van der Waals surface area contributed by atoms with E-state index in [0.717, 1.165) is 66.8 Å². The average molecular weight is 493 g/mol. The molecule has 0 aliphatic heterocycles. The molecule has 1 amide bonds. The Bertz CT molecular complexity index is 1660. The highest BCUT2D eigenvalue weighted by atomic mass is 16.5. The van der Waals surface area contributed by atoms with Gasteiger partial charge >= 0.3 is 0 Å². The van der Waals surface area contributed by atoms with Gasteiger partial charge in [-0.2, -0.15) is 0 Å². The summed E-state index contributed by atoms with van der Waals surface area (Å²) in [5.41, 5.74) is 7.60. The molecule has 0 spiro atoms. The van der Waals surface area contributed by atoms with Gasteiger partial charge in [0.25, 0.3) is 0 Å². The minimum Gasteiger partial charge on any atom is -0.497 e. The summed E-state index contributed by atoms with van der Waals surface area (Å²) < 4.78 is 17.0. The number of carbonyl (C=O) groups excluding carboxylic acids is 1. The molecule has 0 aliphatic rings. The maximum absolute atomic E-state index is 13.1. The van der Waals surface area contributed by atoms with Gasteiger partial charge in [-0.1, -0.05) is 30.3 Å². The molecule has 2 aromatic heterocycles. The number of anilines is 1. The van der Waals surface area contributed by atoms with Gasteiger partial charge in [-0.25, -0.2) is 0 Å². The number of nitrogens with zero attached hydrogens (tertiary/aromatic N) is 1. The number of carbonyl (C=O) groups is 1. The number of pyridine rings is 1. The molecule has 0 fully saturated rings. The fourth-order valence-electron chi connectivity index (χ4n) is 4.72. The number of para-hydroxylation sites is 1. The molecule has 0 atom stereocenters. The zero-order chi connectivity index (χ0) is 26.1. The first-order chi connectivity index (χ1) is 17.9. The van der Waals surface area contributed by atoms with Crippen LogP contribution in [0.5, 0.6) is 11.5 Å². The Morgan fingerprint density at radius 2 is 1.73 bits per heavy atom. The first-order valence-electron chi connectivity index (χ1n) is 12.0. The van der Waals surface area contributed by atoms with Gasteiger partial charge in [-0.15, -0.1) is 0 Å². The van der Waals surface area contributed by atoms with Crippen LogP contribution in [0.3, 0.4) is 0 Å². The Labute approximate surface area is 215 Å². The molecule has 186 valence electrons. The number of allylic oxidation sites excluding steroid dienone is 1. The van der Waals surface area contributed by atoms with Crippen LogP contribution in [0.15, 0.2) is 77.4 Å². The molecular formula is C31H28N2O4. The first-order valence-corrected chi connectivity index (χ1v) is 12.0. The number of benzene rings is 3. The van der Waals surface area contributed by atoms with Gasteiger partial charge < -0.3 is 19.2 Å². The minimum atomic E-state index is -0.226. The van der Waals surface area contributed by atoms with E-state index in [-0.39, 0.29) is 5.91 Å². The van der Waals surface area contributed by atoms with Gasteiger partial charge in [0.15, 0.2) is 0 Å². The van der Waals surface area contributed by atoms with Crippen molar-refractivity contribution in [2.24, 2.45) is 0 Å². The fourth-order valence-corrected chi connectivity index (χ4v) is 4.72. The van der Waals surface area contributed by atoms with Crippen LogP contribution in [0.4, 0.5) is 5.69 Å². The third-order valence-corrected chi connectivity index (χ3v) is 6.52. The Morgan fingerprint density at radius 1 is 0.973 bits per heavy atom. The molecule has 3 aromatic carbocycles. The Balaban J connectivity index is 1.54. The minimum absolute atomic E-state index is 0.226. The number of rotatable bonds is 6. The highest BCUT2D eigenvalue weighted by Crippen LogP contribution is 2.41. The SMILES string of the molecule is COc1ccc(-c2coc3c(C)c(OC)c(/C(C)=C/C(=O)Nc4cc(C)nc5ccccc45)cc23)cc1. The number of nitrogens with one attached hydrogen (secondary N) is 1. The normalized spacial score (nSPS) is 11.6. The lowest BCUT2D eigenvalue weighted by Gasteiger charge is -2.14. The van der Waals surface area contributed by atoms with Crippen molar-refractivity contribution in [2.75, 3.05) is 19.5 Å². The second-order valence-electron chi connectivity index (χ2n) is 8.98. The van der Waals surface area contributed by atoms with Crippen molar-refractivity contribution in [1.82, 2.24) is 4.98 Å². The largest absolute Gasteiger partial charge is 0.497 e. The monoisotopic (exact) mass is 492 g/mol. The van der Waals surface area contributed by atoms with Crippen LogP contribution >= 0.6 is 0 Å². The Kier molecular flexibility index (Phi) is 6.40. The average Bonchev–Trinajstić information content (AvgIpc) is 3.33. The van der Waals surface area contributed by atoms with Crippen LogP contribution in [0.1, 0.15) is 23.7 Å². The van der Waals surface area contributed by atoms with Crippen molar-refractivity contribution < 1.29 is 18.7 Å². The summed E-state index contributed by atoms with van der Waals surface area (Å²) in [5.74, 6) is 1.24. The molecule has 0 saturated heterocycles. The maximum atomic E-state index is 13.1. The summed E-state index contributed by atoms with van der Waals surface area (Å²) in [5, 5.41) is 4.87. The lowest BCUT2D eigenvalue weighted by atomic mass is 9.96. The van der Waals surface area contributed by atoms with Crippen molar-refractivity contribution >= 4 is 39.0 Å². The number of hydrogen-bond acceptors (Lipinski definition) is 5. The van der Waals surface area contributed by atoms with Gasteiger partial charge in [-0.05, 0) is 62.2 Å². The second kappa shape index (κ2) is 9.82. The van der Waals surface area contributed by atoms with Crippen LogP contribution in [0.2, 0.25) is 0 Å². The predicted molar refractivity (Wildman–Crippen MR) is 148 cm³/mol. The number of furan rings is 1. The zero-order valence-electron chi connectivity index (χ0n) is 21.5. The van der Waals surface area contributed by atoms with Crippen LogP contribution in [-0.4, -0.2) is 25.1 Å². The van der Waals surface area contributed by atoms with E-state index in [1.54, 1.807) is 26.6 Å². The second-order valence-corrected chi connectivity index (χ2v) is 8.98. The molecule has 0 unspecified atom stereocenters. The van der Waals surface area contributed by atoms with Gasteiger partial charge in [0, 0.05) is 39.2 Å². The summed E-state index contributed by atoms with van der Waals surface area (Å²) in [6, 6.07) is 19.5. The number of aromatic nitrogens is 1. The molecule has 6 heteroatoms. The fraction of sp³-hybridized carbons (Fsp3) is 0.161. The number of amides is 1. The van der Waals surface area contributed by atoms with Gasteiger partial charge in [0.1, 0.15) is 17.1 Å². The quantitative estimate of drug-likeness (QED) is 0.251. The van der Waals surface area contributed by atoms with E-state index in [2.05, 4.69) is 10.3 Å². The Morgan fingerprint density at radius 3 is 2.46 bits per heavy atom. The van der Waals surface area contributed by atoms with Gasteiger partial charge in [-0.3, -0.25) is 9.78 Å². The number of methoxy groups -OCH3 is 2. The number of hydrogen-bond donors (Lipinski definition) is 1. The highest BCUT2D eigenvalue weighted by molar-refractivity contribution is 6.09. The highest BCUT2D eigenvalue weighted by Gasteiger charge is 2.19. The topological polar surface area (TPSA) is 73.6 Å². The number of aryl methyl sites for hydroxylation is 2. The van der Waals surface area contributed by atoms with Crippen LogP contribution in [0.25, 0.3) is 38.6 Å². The zero-order valence-corrected chi connectivity index (χ0v) is 21.5. The summed E-state index contributed by atoms with van der Waals surface area (Å²) in [6.45, 7) is 5.79. The van der Waals surface area contributed by atoms with E-state index < -0.39 is 0 Å². The van der Waals surface area contributed by atoms with Crippen molar-refractivity contribution in [3.05, 3.63) is 89.8 Å². The van der Waals surface area contributed by atoms with Crippen LogP contribution in [0, 0.1) is 13.8 Å². The number of ether oxygens (including phenoxy) is 2. The van der Waals surface area contributed by atoms with Gasteiger partial charge in [0.2, 0.25) is 5.91 Å². The van der Waals surface area contributed by atoms with Crippen molar-refractivity contribution in [3.8, 4) is 22.6 Å². The summed E-state index contributed by atoms with van der Waals surface area (Å²) >= 11 is 0. The molecule has 5 aromatic rings. The summed E-state index contributed by atoms with van der Waals surface area (Å²) in [7, 11) is 3.28. The van der Waals surface area contributed by atoms with E-state index in [1.165, 1.54) is 0 Å². The third-order valence-electron chi connectivity index (χ3n) is 6.52. The van der Waals surface area contributed by atoms with Crippen molar-refractivity contribution in [3.63, 3.8) is 0 Å². The van der Waals surface area contributed by atoms with Crippen molar-refractivity contribution in [2.45, 2.75) is 20.8 Å². The molecule has 2 heterocycles. The summed E-state index contributed by atoms with van der Waals surface area (Å²) in [6.07, 6.45) is 3.35. The third kappa shape index (κ3) is 4.54. The number of fused-ring (bicyclic) bond motifs is 2. The van der Waals surface area contributed by atoms with Crippen LogP contribution < -0.4 is 14.8 Å². The molecule has 5 rings (SSSR count). The molecule has 0 bridgehead atoms. The molecule has 1 N–H and O–H groups in total. The molecule has 37 heavy (non-hydrogen) atoms. The van der Waals surface area contributed by atoms with E-state index >= 15 is 0 Å². The molecule has 0 radical (unpaired) electrons. The molecule has 0 saturated carbocycles. The van der Waals surface area contributed by atoms with Gasteiger partial charge in [0.05, 0.1) is 31.7 Å². The summed E-state index contributed by atoms with van der Waals surface area (Å²) in [4.78, 5) is 17.7. The predicted octanol–water partition coefficient (Wildman–Crippen LogP) is 7.32. The maximum Gasteiger partial charge on any atom is 0.248 e. The lowest BCUT2D eigenvalue weighted by molar-refractivity contribution is -0.111. The van der Waals surface area contributed by atoms with E-state index in [4.69, 9.17) is 13.9 Å². The molecule has 0 aliphatic carbocycles. The Hall–Kier alpha value is -4.58. The first kappa shape index (κ1) is 24.1. The van der Waals surface area contributed by atoms with Crippen LogP contribution in [-0.2, 0) is 4.79 Å². The smallest absolute Gasteiger partial charge is 0.248 e. The standard InChI is InChI=1S/C31H28N2O4/c1-18(14-29(34)33-28-15-19(2)32-27-9-7-6-8-23(27)28)24-16-25-26(21-10-12-22(35-4)13-11-21)17-37-31(25)20(3)30(24)36-5/h6-17H,1-5H3,(H,32,33,34)/b18-14+. The van der Waals surface area contributed by atoms with Crippen molar-refractivity contribution in [1.29, 1.82) is 0 Å². The molecular weight excluding hydrogens is 464 g/mol. The van der Waals surface area contributed by atoms with E-state index in [1.807, 2.05) is 81.4 Å². The molecule has 6 nitrogen and oxygen atoms in total. The van der Waals surface area contributed by atoms with E-state index in [0.29, 0.717) is 5.75 Å².